The summed E-state index contributed by atoms with van der Waals surface area (Å²) >= 11 is 0. The van der Waals surface area contributed by atoms with Gasteiger partial charge in [-0.15, -0.1) is 24.0 Å². The number of guanidine groups is 1. The zero-order valence-corrected chi connectivity index (χ0v) is 15.4. The third kappa shape index (κ3) is 6.13. The molecule has 0 saturated carbocycles. The Labute approximate surface area is 152 Å². The van der Waals surface area contributed by atoms with Crippen LogP contribution in [-0.4, -0.2) is 12.5 Å². The van der Waals surface area contributed by atoms with Gasteiger partial charge in [-0.25, -0.2) is 8.78 Å². The number of benzene rings is 2. The standard InChI is InChI=1S/C17H19F2N3.HI/c1-11-7-12(2)9-15(8-11)22-17(20)21-6-5-13-10-14(18)3-4-16(13)19;/h3-4,7-10H,5-6H2,1-2H3,(H3,20,21,22);1H. The quantitative estimate of drug-likeness (QED) is 0.434. The van der Waals surface area contributed by atoms with Crippen LogP contribution in [0.4, 0.5) is 14.5 Å². The molecule has 2 rings (SSSR count). The maximum atomic E-state index is 13.5. The molecule has 0 spiro atoms. The first kappa shape index (κ1) is 19.3. The highest BCUT2D eigenvalue weighted by atomic mass is 127. The maximum absolute atomic E-state index is 13.5. The van der Waals surface area contributed by atoms with Gasteiger partial charge in [0, 0.05) is 12.2 Å². The summed E-state index contributed by atoms with van der Waals surface area (Å²) in [5.74, 6) is -0.638. The number of rotatable bonds is 4. The summed E-state index contributed by atoms with van der Waals surface area (Å²) in [6.07, 6.45) is 0.290. The largest absolute Gasteiger partial charge is 0.370 e. The Balaban J connectivity index is 0.00000264. The number of nitrogens with zero attached hydrogens (tertiary/aromatic N) is 1. The Bertz CT molecular complexity index is 682. The number of anilines is 1. The Morgan fingerprint density at radius 3 is 2.39 bits per heavy atom. The van der Waals surface area contributed by atoms with Crippen molar-refractivity contribution in [3.8, 4) is 0 Å². The van der Waals surface area contributed by atoms with E-state index >= 15 is 0 Å². The minimum atomic E-state index is -0.457. The van der Waals surface area contributed by atoms with E-state index in [4.69, 9.17) is 5.73 Å². The summed E-state index contributed by atoms with van der Waals surface area (Å²) in [5.41, 5.74) is 9.21. The van der Waals surface area contributed by atoms with E-state index in [9.17, 15) is 8.78 Å². The van der Waals surface area contributed by atoms with Crippen molar-refractivity contribution in [2.24, 2.45) is 10.7 Å². The lowest BCUT2D eigenvalue weighted by atomic mass is 10.1. The van der Waals surface area contributed by atoms with Crippen molar-refractivity contribution >= 4 is 35.6 Å². The summed E-state index contributed by atoms with van der Waals surface area (Å²) in [5, 5.41) is 3.00. The topological polar surface area (TPSA) is 50.4 Å². The summed E-state index contributed by atoms with van der Waals surface area (Å²) < 4.78 is 26.5. The van der Waals surface area contributed by atoms with Gasteiger partial charge in [0.1, 0.15) is 11.6 Å². The molecule has 2 aromatic rings. The molecule has 0 bridgehead atoms. The first-order valence-corrected chi connectivity index (χ1v) is 7.03. The van der Waals surface area contributed by atoms with Gasteiger partial charge < -0.3 is 11.1 Å². The van der Waals surface area contributed by atoms with Crippen LogP contribution in [0.2, 0.25) is 0 Å². The van der Waals surface area contributed by atoms with E-state index in [1.807, 2.05) is 26.0 Å². The molecule has 0 saturated heterocycles. The van der Waals surface area contributed by atoms with Gasteiger partial charge in [-0.2, -0.15) is 0 Å². The Morgan fingerprint density at radius 2 is 1.74 bits per heavy atom. The third-order valence-electron chi connectivity index (χ3n) is 3.17. The average Bonchev–Trinajstić information content (AvgIpc) is 2.41. The van der Waals surface area contributed by atoms with Crippen molar-refractivity contribution in [1.29, 1.82) is 0 Å². The molecule has 0 heterocycles. The first-order valence-electron chi connectivity index (χ1n) is 7.03. The lowest BCUT2D eigenvalue weighted by Crippen LogP contribution is -2.23. The molecule has 6 heteroatoms. The molecule has 0 atom stereocenters. The van der Waals surface area contributed by atoms with Crippen LogP contribution in [0.3, 0.4) is 0 Å². The van der Waals surface area contributed by atoms with Gasteiger partial charge in [-0.05, 0) is 67.3 Å². The fourth-order valence-corrected chi connectivity index (χ4v) is 2.27. The molecule has 0 fully saturated rings. The van der Waals surface area contributed by atoms with Crippen molar-refractivity contribution in [3.63, 3.8) is 0 Å². The summed E-state index contributed by atoms with van der Waals surface area (Å²) in [6, 6.07) is 9.37. The van der Waals surface area contributed by atoms with E-state index in [0.29, 0.717) is 12.0 Å². The second-order valence-corrected chi connectivity index (χ2v) is 5.25. The van der Waals surface area contributed by atoms with Gasteiger partial charge in [0.25, 0.3) is 0 Å². The number of aliphatic imine (C=N–C) groups is 1. The van der Waals surface area contributed by atoms with E-state index in [1.165, 1.54) is 6.07 Å². The summed E-state index contributed by atoms with van der Waals surface area (Å²) in [4.78, 5) is 4.14. The van der Waals surface area contributed by atoms with Gasteiger partial charge in [-0.1, -0.05) is 6.07 Å². The molecule has 0 radical (unpaired) electrons. The zero-order valence-electron chi connectivity index (χ0n) is 13.1. The van der Waals surface area contributed by atoms with E-state index < -0.39 is 11.6 Å². The van der Waals surface area contributed by atoms with E-state index in [0.717, 1.165) is 28.9 Å². The minimum Gasteiger partial charge on any atom is -0.370 e. The Hall–Kier alpha value is -1.70. The predicted octanol–water partition coefficient (Wildman–Crippen LogP) is 4.17. The molecule has 23 heavy (non-hydrogen) atoms. The van der Waals surface area contributed by atoms with Crippen molar-refractivity contribution in [2.45, 2.75) is 20.3 Å². The molecule has 0 aliphatic carbocycles. The number of halogens is 3. The highest BCUT2D eigenvalue weighted by molar-refractivity contribution is 14.0. The highest BCUT2D eigenvalue weighted by Crippen LogP contribution is 2.13. The summed E-state index contributed by atoms with van der Waals surface area (Å²) in [6.45, 7) is 4.28. The predicted molar refractivity (Wildman–Crippen MR) is 102 cm³/mol. The fraction of sp³-hybridized carbons (Fsp3) is 0.235. The van der Waals surface area contributed by atoms with Crippen LogP contribution in [0.15, 0.2) is 41.4 Å². The van der Waals surface area contributed by atoms with E-state index in [2.05, 4.69) is 16.4 Å². The fourth-order valence-electron chi connectivity index (χ4n) is 2.27. The monoisotopic (exact) mass is 431 g/mol. The van der Waals surface area contributed by atoms with Crippen LogP contribution in [0.5, 0.6) is 0 Å². The molecular weight excluding hydrogens is 411 g/mol. The molecule has 0 unspecified atom stereocenters. The Morgan fingerprint density at radius 1 is 1.09 bits per heavy atom. The molecular formula is C17H20F2IN3. The minimum absolute atomic E-state index is 0. The van der Waals surface area contributed by atoms with Crippen molar-refractivity contribution < 1.29 is 8.78 Å². The second kappa shape index (κ2) is 8.81. The van der Waals surface area contributed by atoms with Gasteiger partial charge >= 0.3 is 0 Å². The average molecular weight is 431 g/mol. The van der Waals surface area contributed by atoms with E-state index in [-0.39, 0.29) is 36.5 Å². The smallest absolute Gasteiger partial charge is 0.193 e. The van der Waals surface area contributed by atoms with Crippen molar-refractivity contribution in [1.82, 2.24) is 0 Å². The maximum Gasteiger partial charge on any atom is 0.193 e. The summed E-state index contributed by atoms with van der Waals surface area (Å²) in [7, 11) is 0. The molecule has 3 N–H and O–H groups in total. The Kier molecular flexibility index (Phi) is 7.41. The van der Waals surface area contributed by atoms with Crippen LogP contribution in [0.25, 0.3) is 0 Å². The lowest BCUT2D eigenvalue weighted by molar-refractivity contribution is 0.585. The normalized spacial score (nSPS) is 11.0. The highest BCUT2D eigenvalue weighted by Gasteiger charge is 2.03. The molecule has 0 amide bonds. The SMILES string of the molecule is Cc1cc(C)cc(NC(N)=NCCc2cc(F)ccc2F)c1.I. The number of nitrogens with one attached hydrogen (secondary N) is 1. The van der Waals surface area contributed by atoms with Crippen LogP contribution in [0.1, 0.15) is 16.7 Å². The second-order valence-electron chi connectivity index (χ2n) is 5.25. The van der Waals surface area contributed by atoms with Gasteiger partial charge in [-0.3, -0.25) is 4.99 Å². The van der Waals surface area contributed by atoms with Gasteiger partial charge in [0.05, 0.1) is 0 Å². The number of hydrogen-bond acceptors (Lipinski definition) is 1. The molecule has 0 aliphatic rings. The third-order valence-corrected chi connectivity index (χ3v) is 3.17. The van der Waals surface area contributed by atoms with Crippen molar-refractivity contribution in [2.75, 3.05) is 11.9 Å². The zero-order chi connectivity index (χ0) is 16.1. The van der Waals surface area contributed by atoms with Crippen molar-refractivity contribution in [3.05, 3.63) is 64.7 Å². The van der Waals surface area contributed by atoms with Crippen LogP contribution in [-0.2, 0) is 6.42 Å². The van der Waals surface area contributed by atoms with Crippen LogP contribution in [0, 0.1) is 25.5 Å². The molecule has 0 aromatic heterocycles. The molecule has 3 nitrogen and oxygen atoms in total. The molecule has 124 valence electrons. The number of hydrogen-bond donors (Lipinski definition) is 2. The van der Waals surface area contributed by atoms with Crippen LogP contribution >= 0.6 is 24.0 Å². The van der Waals surface area contributed by atoms with Crippen LogP contribution < -0.4 is 11.1 Å². The van der Waals surface area contributed by atoms with E-state index in [1.54, 1.807) is 0 Å². The van der Waals surface area contributed by atoms with Gasteiger partial charge in [0.15, 0.2) is 5.96 Å². The molecule has 2 aromatic carbocycles. The van der Waals surface area contributed by atoms with Gasteiger partial charge in [0.2, 0.25) is 0 Å². The number of nitrogens with two attached hydrogens (primary N) is 1. The first-order chi connectivity index (χ1) is 10.4. The molecule has 0 aliphatic heterocycles. The lowest BCUT2D eigenvalue weighted by Gasteiger charge is -2.08. The number of aryl methyl sites for hydroxylation is 2.